The predicted molar refractivity (Wildman–Crippen MR) is 87.1 cm³/mol. The Kier molecular flexibility index (Phi) is 5.45. The van der Waals surface area contributed by atoms with Gasteiger partial charge in [0.25, 0.3) is 0 Å². The van der Waals surface area contributed by atoms with Crippen molar-refractivity contribution in [1.29, 1.82) is 0 Å². The Balaban J connectivity index is 2.23. The van der Waals surface area contributed by atoms with E-state index in [1.165, 1.54) is 10.5 Å². The third kappa shape index (κ3) is 4.31. The van der Waals surface area contributed by atoms with Crippen molar-refractivity contribution in [3.63, 3.8) is 0 Å². The first-order valence-corrected chi connectivity index (χ1v) is 8.71. The monoisotopic (exact) mass is 356 g/mol. The zero-order chi connectivity index (χ0) is 13.8. The van der Waals surface area contributed by atoms with Gasteiger partial charge in [-0.25, -0.2) is 4.98 Å². The molecule has 0 fully saturated rings. The van der Waals surface area contributed by atoms with Crippen LogP contribution in [0.15, 0.2) is 37.3 Å². The largest absolute Gasteiger partial charge is 0.327 e. The number of nitrogens with zero attached hydrogens (tertiary/aromatic N) is 1. The molecule has 2 aromatic rings. The maximum Gasteiger partial charge on any atom is 0.154 e. The molecule has 1 unspecified atom stereocenters. The Labute approximate surface area is 131 Å². The van der Waals surface area contributed by atoms with Crippen LogP contribution in [0.25, 0.3) is 0 Å². The lowest BCUT2D eigenvalue weighted by Crippen LogP contribution is -2.21. The summed E-state index contributed by atoms with van der Waals surface area (Å²) in [5.74, 6) is 0. The minimum absolute atomic E-state index is 0.215. The molecule has 2 nitrogen and oxygen atoms in total. The Hall–Kier alpha value is -0.360. The summed E-state index contributed by atoms with van der Waals surface area (Å²) < 4.78 is 2.19. The molecule has 1 aromatic carbocycles. The van der Waals surface area contributed by atoms with Crippen LogP contribution in [0, 0.1) is 6.92 Å². The Morgan fingerprint density at radius 1 is 1.47 bits per heavy atom. The normalized spacial score (nSPS) is 12.6. The number of benzene rings is 1. The lowest BCUT2D eigenvalue weighted by Gasteiger charge is -2.12. The van der Waals surface area contributed by atoms with Crippen molar-refractivity contribution in [2.75, 3.05) is 0 Å². The molecule has 0 aliphatic heterocycles. The van der Waals surface area contributed by atoms with Crippen LogP contribution in [0.5, 0.6) is 0 Å². The van der Waals surface area contributed by atoms with Crippen LogP contribution in [-0.4, -0.2) is 11.0 Å². The van der Waals surface area contributed by atoms with Crippen molar-refractivity contribution in [1.82, 2.24) is 4.98 Å². The number of rotatable bonds is 5. The molecule has 1 aromatic heterocycles. The van der Waals surface area contributed by atoms with E-state index in [2.05, 4.69) is 51.4 Å². The number of nitrogens with two attached hydrogens (primary N) is 1. The summed E-state index contributed by atoms with van der Waals surface area (Å²) >= 11 is 6.95. The lowest BCUT2D eigenvalue weighted by atomic mass is 10.1. The Morgan fingerprint density at radius 2 is 2.26 bits per heavy atom. The van der Waals surface area contributed by atoms with Crippen LogP contribution >= 0.6 is 39.0 Å². The molecule has 0 spiro atoms. The lowest BCUT2D eigenvalue weighted by molar-refractivity contribution is 0.641. The van der Waals surface area contributed by atoms with Crippen molar-refractivity contribution in [3.05, 3.63) is 39.3 Å². The third-order valence-corrected chi connectivity index (χ3v) is 5.49. The van der Waals surface area contributed by atoms with Gasteiger partial charge < -0.3 is 5.73 Å². The fourth-order valence-electron chi connectivity index (χ4n) is 1.71. The fraction of sp³-hybridized carbons (Fsp3) is 0.357. The minimum atomic E-state index is 0.215. The molecule has 5 heteroatoms. The van der Waals surface area contributed by atoms with Crippen molar-refractivity contribution < 1.29 is 0 Å². The number of hydrogen-bond donors (Lipinski definition) is 1. The highest BCUT2D eigenvalue weighted by Gasteiger charge is 2.10. The highest BCUT2D eigenvalue weighted by Crippen LogP contribution is 2.34. The summed E-state index contributed by atoms with van der Waals surface area (Å²) in [6.45, 7) is 4.15. The van der Waals surface area contributed by atoms with Gasteiger partial charge in [-0.15, -0.1) is 11.3 Å². The average Bonchev–Trinajstić information content (AvgIpc) is 2.78. The van der Waals surface area contributed by atoms with Gasteiger partial charge in [0, 0.05) is 26.5 Å². The van der Waals surface area contributed by atoms with E-state index in [1.807, 2.05) is 6.92 Å². The number of aromatic nitrogens is 1. The highest BCUT2D eigenvalue weighted by atomic mass is 79.9. The molecule has 0 bridgehead atoms. The van der Waals surface area contributed by atoms with E-state index >= 15 is 0 Å². The van der Waals surface area contributed by atoms with Gasteiger partial charge in [0.05, 0.1) is 0 Å². The van der Waals surface area contributed by atoms with E-state index in [0.29, 0.717) is 0 Å². The number of halogens is 1. The summed E-state index contributed by atoms with van der Waals surface area (Å²) in [5.41, 5.74) is 8.46. The van der Waals surface area contributed by atoms with Gasteiger partial charge in [-0.1, -0.05) is 34.6 Å². The second kappa shape index (κ2) is 6.88. The average molecular weight is 357 g/mol. The number of thiazole rings is 1. The molecule has 2 rings (SSSR count). The first-order chi connectivity index (χ1) is 9.08. The van der Waals surface area contributed by atoms with E-state index in [-0.39, 0.29) is 6.04 Å². The molecule has 0 aliphatic carbocycles. The molecule has 0 saturated carbocycles. The van der Waals surface area contributed by atoms with Gasteiger partial charge in [-0.2, -0.15) is 0 Å². The molecule has 2 N–H and O–H groups in total. The summed E-state index contributed by atoms with van der Waals surface area (Å²) in [6.07, 6.45) is 1.90. The van der Waals surface area contributed by atoms with E-state index in [4.69, 9.17) is 5.73 Å². The molecule has 19 heavy (non-hydrogen) atoms. The smallest absolute Gasteiger partial charge is 0.154 e. The van der Waals surface area contributed by atoms with Crippen LogP contribution in [0.1, 0.15) is 24.6 Å². The van der Waals surface area contributed by atoms with Gasteiger partial charge in [0.2, 0.25) is 0 Å². The molecule has 0 amide bonds. The topological polar surface area (TPSA) is 38.9 Å². The molecular formula is C14H17BrN2S2. The first-order valence-electron chi connectivity index (χ1n) is 6.22. The molecule has 1 heterocycles. The van der Waals surface area contributed by atoms with Crippen LogP contribution in [-0.2, 0) is 6.42 Å². The van der Waals surface area contributed by atoms with Gasteiger partial charge in [-0.3, -0.25) is 0 Å². The van der Waals surface area contributed by atoms with Crippen molar-refractivity contribution in [3.8, 4) is 0 Å². The maximum absolute atomic E-state index is 6.08. The first kappa shape index (κ1) is 15.0. The zero-order valence-corrected chi connectivity index (χ0v) is 14.2. The van der Waals surface area contributed by atoms with Gasteiger partial charge in [-0.05, 0) is 43.5 Å². The highest BCUT2D eigenvalue weighted by molar-refractivity contribution is 9.10. The van der Waals surface area contributed by atoms with Gasteiger partial charge in [0.1, 0.15) is 0 Å². The van der Waals surface area contributed by atoms with Gasteiger partial charge in [0.15, 0.2) is 4.34 Å². The van der Waals surface area contributed by atoms with E-state index in [1.54, 1.807) is 23.1 Å². The summed E-state index contributed by atoms with van der Waals surface area (Å²) in [6, 6.07) is 6.59. The minimum Gasteiger partial charge on any atom is -0.327 e. The summed E-state index contributed by atoms with van der Waals surface area (Å²) in [4.78, 5) is 5.76. The maximum atomic E-state index is 6.08. The fourth-order valence-corrected chi connectivity index (χ4v) is 4.03. The zero-order valence-electron chi connectivity index (χ0n) is 11.0. The number of hydrogen-bond acceptors (Lipinski definition) is 4. The SMILES string of the molecule is CCC(N)Cc1cc(Br)ccc1Sc1nc(C)cs1. The van der Waals surface area contributed by atoms with Crippen LogP contribution in [0.3, 0.4) is 0 Å². The van der Waals surface area contributed by atoms with Gasteiger partial charge >= 0.3 is 0 Å². The number of aryl methyl sites for hydroxylation is 1. The second-order valence-electron chi connectivity index (χ2n) is 4.48. The van der Waals surface area contributed by atoms with Crippen LogP contribution in [0.2, 0.25) is 0 Å². The summed E-state index contributed by atoms with van der Waals surface area (Å²) in [7, 11) is 0. The Bertz CT molecular complexity index is 554. The Morgan fingerprint density at radius 3 is 2.89 bits per heavy atom. The van der Waals surface area contributed by atoms with Crippen molar-refractivity contribution in [2.24, 2.45) is 5.73 Å². The molecule has 1 atom stereocenters. The quantitative estimate of drug-likeness (QED) is 0.847. The van der Waals surface area contributed by atoms with Crippen LogP contribution in [0.4, 0.5) is 0 Å². The van der Waals surface area contributed by atoms with Crippen LogP contribution < -0.4 is 5.73 Å². The predicted octanol–water partition coefficient (Wildman–Crippen LogP) is 4.65. The van der Waals surface area contributed by atoms with Crippen molar-refractivity contribution in [2.45, 2.75) is 42.0 Å². The molecule has 102 valence electrons. The van der Waals surface area contributed by atoms with E-state index in [9.17, 15) is 0 Å². The molecule has 0 aliphatic rings. The van der Waals surface area contributed by atoms with E-state index < -0.39 is 0 Å². The van der Waals surface area contributed by atoms with Crippen molar-refractivity contribution >= 4 is 39.0 Å². The third-order valence-electron chi connectivity index (χ3n) is 2.82. The molecular weight excluding hydrogens is 340 g/mol. The van der Waals surface area contributed by atoms with E-state index in [0.717, 1.165) is 27.3 Å². The standard InChI is InChI=1S/C14H17BrN2S2/c1-3-12(16)7-10-6-11(15)4-5-13(10)19-14-17-9(2)8-18-14/h4-6,8,12H,3,7,16H2,1-2H3. The molecule has 0 saturated heterocycles. The second-order valence-corrected chi connectivity index (χ2v) is 7.54. The molecule has 0 radical (unpaired) electrons. The summed E-state index contributed by atoms with van der Waals surface area (Å²) in [5, 5.41) is 2.08.